The molecule has 0 bridgehead atoms. The molecule has 0 amide bonds. The van der Waals surface area contributed by atoms with E-state index in [2.05, 4.69) is 0 Å². The van der Waals surface area contributed by atoms with Gasteiger partial charge in [0, 0.05) is 12.8 Å². The monoisotopic (exact) mass is 551 g/mol. The summed E-state index contributed by atoms with van der Waals surface area (Å²) in [7, 11) is 0. The lowest BCUT2D eigenvalue weighted by Gasteiger charge is -2.28. The summed E-state index contributed by atoms with van der Waals surface area (Å²) in [6.07, 6.45) is -0.587. The Labute approximate surface area is 231 Å². The number of nitrogens with two attached hydrogens (primary N) is 1. The van der Waals surface area contributed by atoms with Crippen LogP contribution in [-0.4, -0.2) is 47.4 Å². The van der Waals surface area contributed by atoms with Gasteiger partial charge >= 0.3 is 24.1 Å². The average molecular weight is 552 g/mol. The van der Waals surface area contributed by atoms with Crippen LogP contribution in [0.25, 0.3) is 0 Å². The van der Waals surface area contributed by atoms with Crippen LogP contribution in [0.15, 0.2) is 18.2 Å². The Bertz CT molecular complexity index is 991. The molecule has 0 heterocycles. The molecule has 3 unspecified atom stereocenters. The van der Waals surface area contributed by atoms with Crippen LogP contribution in [0.5, 0.6) is 11.5 Å². The Balaban J connectivity index is 3.22. The van der Waals surface area contributed by atoms with Crippen molar-refractivity contribution < 1.29 is 43.2 Å². The molecule has 0 aliphatic heterocycles. The number of esters is 2. The van der Waals surface area contributed by atoms with Gasteiger partial charge in [0.25, 0.3) is 0 Å². The number of carboxylic acid groups (broad SMARTS) is 1. The highest BCUT2D eigenvalue weighted by molar-refractivity contribution is 5.80. The SMILES string of the molecule is CCCCOC(=O)O[C@@H](C)CC(N)(Cc1ccc(OC(=O)C(C)C(C)C)c(OC(=O)C(C)C(C)C)c1)C(=O)O. The zero-order valence-electron chi connectivity index (χ0n) is 24.4. The van der Waals surface area contributed by atoms with Crippen LogP contribution in [0.3, 0.4) is 0 Å². The molecule has 3 N–H and O–H groups in total. The Morgan fingerprint density at radius 1 is 0.897 bits per heavy atom. The number of carboxylic acids is 1. The molecule has 0 saturated heterocycles. The van der Waals surface area contributed by atoms with Gasteiger partial charge in [-0.2, -0.15) is 0 Å². The standard InChI is InChI=1S/C29H45NO9/c1-9-10-13-36-28(35)37-19(6)15-29(30,27(33)34)16-22-11-12-23(38-25(31)20(7)17(2)3)24(14-22)39-26(32)21(8)18(4)5/h11-12,14,17-21H,9-10,13,15-16,30H2,1-8H3,(H,33,34)/t19-,20?,21?,29?/m0/s1. The van der Waals surface area contributed by atoms with Crippen molar-refractivity contribution in [1.29, 1.82) is 0 Å². The molecule has 0 aliphatic rings. The summed E-state index contributed by atoms with van der Waals surface area (Å²) in [5.41, 5.74) is 4.88. The van der Waals surface area contributed by atoms with Crippen molar-refractivity contribution in [1.82, 2.24) is 0 Å². The second kappa shape index (κ2) is 15.5. The molecule has 0 fully saturated rings. The van der Waals surface area contributed by atoms with Crippen LogP contribution < -0.4 is 15.2 Å². The minimum absolute atomic E-state index is 0.00602. The Hall–Kier alpha value is -3.14. The number of hydrogen-bond donors (Lipinski definition) is 2. The normalized spacial score (nSPS) is 15.2. The van der Waals surface area contributed by atoms with Crippen molar-refractivity contribution in [3.05, 3.63) is 23.8 Å². The molecule has 0 saturated carbocycles. The fraction of sp³-hybridized carbons (Fsp3) is 0.655. The molecule has 10 nitrogen and oxygen atoms in total. The quantitative estimate of drug-likeness (QED) is 0.170. The zero-order valence-corrected chi connectivity index (χ0v) is 24.4. The number of aliphatic carboxylic acids is 1. The van der Waals surface area contributed by atoms with Crippen molar-refractivity contribution in [3.63, 3.8) is 0 Å². The Morgan fingerprint density at radius 3 is 1.92 bits per heavy atom. The van der Waals surface area contributed by atoms with Crippen molar-refractivity contribution in [2.75, 3.05) is 6.61 Å². The summed E-state index contributed by atoms with van der Waals surface area (Å²) in [4.78, 5) is 49.4. The smallest absolute Gasteiger partial charge is 0.480 e. The molecule has 0 radical (unpaired) electrons. The highest BCUT2D eigenvalue weighted by Gasteiger charge is 2.37. The molecular weight excluding hydrogens is 506 g/mol. The van der Waals surface area contributed by atoms with Crippen LogP contribution in [0.4, 0.5) is 4.79 Å². The second-order valence-corrected chi connectivity index (χ2v) is 10.9. The molecule has 0 aromatic heterocycles. The van der Waals surface area contributed by atoms with E-state index in [1.54, 1.807) is 19.9 Å². The third-order valence-electron chi connectivity index (χ3n) is 6.79. The predicted molar refractivity (Wildman–Crippen MR) is 145 cm³/mol. The van der Waals surface area contributed by atoms with E-state index < -0.39 is 47.5 Å². The van der Waals surface area contributed by atoms with Crippen molar-refractivity contribution in [2.45, 2.75) is 92.7 Å². The average Bonchev–Trinajstić information content (AvgIpc) is 2.84. The van der Waals surface area contributed by atoms with Gasteiger partial charge < -0.3 is 29.8 Å². The number of benzene rings is 1. The van der Waals surface area contributed by atoms with Gasteiger partial charge in [0.05, 0.1) is 18.4 Å². The van der Waals surface area contributed by atoms with Gasteiger partial charge in [0.1, 0.15) is 11.6 Å². The highest BCUT2D eigenvalue weighted by Crippen LogP contribution is 2.33. The Kier molecular flexibility index (Phi) is 13.4. The first-order valence-electron chi connectivity index (χ1n) is 13.5. The first-order chi connectivity index (χ1) is 18.1. The van der Waals surface area contributed by atoms with Crippen molar-refractivity contribution in [2.24, 2.45) is 29.4 Å². The number of unbranched alkanes of at least 4 members (excludes halogenated alkanes) is 1. The summed E-state index contributed by atoms with van der Waals surface area (Å²) in [6, 6.07) is 4.46. The van der Waals surface area contributed by atoms with Crippen LogP contribution in [0.1, 0.15) is 80.2 Å². The summed E-state index contributed by atoms with van der Waals surface area (Å²) in [6.45, 7) is 14.7. The van der Waals surface area contributed by atoms with Gasteiger partial charge in [0.15, 0.2) is 11.5 Å². The molecule has 0 aliphatic carbocycles. The fourth-order valence-electron chi connectivity index (χ4n) is 3.43. The number of carbonyl (C=O) groups is 4. The lowest BCUT2D eigenvalue weighted by molar-refractivity contribution is -0.145. The third kappa shape index (κ3) is 10.9. The second-order valence-electron chi connectivity index (χ2n) is 10.9. The summed E-state index contributed by atoms with van der Waals surface area (Å²) < 4.78 is 21.3. The van der Waals surface area contributed by atoms with E-state index in [1.807, 2.05) is 34.6 Å². The molecule has 1 aromatic carbocycles. The first kappa shape index (κ1) is 33.9. The number of rotatable bonds is 15. The minimum atomic E-state index is -1.82. The molecule has 1 rings (SSSR count). The largest absolute Gasteiger partial charge is 0.508 e. The van der Waals surface area contributed by atoms with Crippen LogP contribution in [0.2, 0.25) is 0 Å². The van der Waals surface area contributed by atoms with E-state index in [0.29, 0.717) is 12.0 Å². The lowest BCUT2D eigenvalue weighted by atomic mass is 9.86. The number of ether oxygens (including phenoxy) is 4. The summed E-state index contributed by atoms with van der Waals surface area (Å²) in [5, 5.41) is 9.93. The van der Waals surface area contributed by atoms with Crippen molar-refractivity contribution in [3.8, 4) is 11.5 Å². The predicted octanol–water partition coefficient (Wildman–Crippen LogP) is 5.14. The molecule has 10 heteroatoms. The maximum absolute atomic E-state index is 12.7. The van der Waals surface area contributed by atoms with Crippen LogP contribution in [0, 0.1) is 23.7 Å². The van der Waals surface area contributed by atoms with E-state index in [-0.39, 0.29) is 42.8 Å². The van der Waals surface area contributed by atoms with E-state index in [4.69, 9.17) is 24.7 Å². The highest BCUT2D eigenvalue weighted by atomic mass is 16.7. The van der Waals surface area contributed by atoms with Crippen LogP contribution >= 0.6 is 0 Å². The minimum Gasteiger partial charge on any atom is -0.480 e. The maximum Gasteiger partial charge on any atom is 0.508 e. The van der Waals surface area contributed by atoms with Gasteiger partial charge in [-0.1, -0.05) is 61.0 Å². The fourth-order valence-corrected chi connectivity index (χ4v) is 3.43. The first-order valence-corrected chi connectivity index (χ1v) is 13.5. The summed E-state index contributed by atoms with van der Waals surface area (Å²) >= 11 is 0. The van der Waals surface area contributed by atoms with E-state index in [9.17, 15) is 24.3 Å². The number of hydrogen-bond acceptors (Lipinski definition) is 9. The topological polar surface area (TPSA) is 151 Å². The number of carbonyl (C=O) groups excluding carboxylic acids is 3. The van der Waals surface area contributed by atoms with E-state index >= 15 is 0 Å². The summed E-state index contributed by atoms with van der Waals surface area (Å²) in [5.74, 6) is -3.06. The molecule has 220 valence electrons. The van der Waals surface area contributed by atoms with Gasteiger partial charge in [-0.15, -0.1) is 0 Å². The molecular formula is C29H45NO9. The molecule has 39 heavy (non-hydrogen) atoms. The van der Waals surface area contributed by atoms with Crippen LogP contribution in [-0.2, 0) is 30.3 Å². The molecule has 4 atom stereocenters. The van der Waals surface area contributed by atoms with Gasteiger partial charge in [-0.05, 0) is 42.9 Å². The van der Waals surface area contributed by atoms with Gasteiger partial charge in [-0.3, -0.25) is 14.4 Å². The third-order valence-corrected chi connectivity index (χ3v) is 6.79. The maximum atomic E-state index is 12.7. The van der Waals surface area contributed by atoms with Gasteiger partial charge in [-0.25, -0.2) is 4.79 Å². The lowest BCUT2D eigenvalue weighted by Crippen LogP contribution is -2.52. The van der Waals surface area contributed by atoms with E-state index in [1.165, 1.54) is 19.1 Å². The van der Waals surface area contributed by atoms with Gasteiger partial charge in [0.2, 0.25) is 0 Å². The van der Waals surface area contributed by atoms with E-state index in [0.717, 1.165) is 6.42 Å². The molecule has 1 aromatic rings. The zero-order chi connectivity index (χ0) is 29.9. The van der Waals surface area contributed by atoms with Crippen molar-refractivity contribution >= 4 is 24.1 Å². The molecule has 0 spiro atoms. The Morgan fingerprint density at radius 2 is 1.44 bits per heavy atom.